The summed E-state index contributed by atoms with van der Waals surface area (Å²) in [6, 6.07) is 66.2. The predicted molar refractivity (Wildman–Crippen MR) is 204 cm³/mol. The van der Waals surface area contributed by atoms with Crippen molar-refractivity contribution in [2.24, 2.45) is 0 Å². The van der Waals surface area contributed by atoms with Gasteiger partial charge in [-0.1, -0.05) is 158 Å². The van der Waals surface area contributed by atoms with E-state index < -0.39 is 0 Å². The highest BCUT2D eigenvalue weighted by molar-refractivity contribution is 6.11. The summed E-state index contributed by atoms with van der Waals surface area (Å²) in [5.41, 5.74) is 14.2. The Morgan fingerprint density at radius 3 is 1.49 bits per heavy atom. The second-order valence-corrected chi connectivity index (χ2v) is 12.3. The molecule has 0 bridgehead atoms. The Morgan fingerprint density at radius 2 is 0.816 bits per heavy atom. The molecule has 0 radical (unpaired) electrons. The number of aromatic nitrogens is 3. The third kappa shape index (κ3) is 5.28. The van der Waals surface area contributed by atoms with Gasteiger partial charge in [0.25, 0.3) is 0 Å². The molecule has 0 amide bonds. The topological polar surface area (TPSA) is 30.7 Å². The predicted octanol–water partition coefficient (Wildman–Crippen LogP) is 11.9. The lowest BCUT2D eigenvalue weighted by atomic mass is 9.96. The number of hydrogen-bond acceptors (Lipinski definition) is 2. The van der Waals surface area contributed by atoms with Crippen LogP contribution in [0.2, 0.25) is 0 Å². The average Bonchev–Trinajstić information content (AvgIpc) is 3.53. The quantitative estimate of drug-likeness (QED) is 0.184. The van der Waals surface area contributed by atoms with Crippen molar-refractivity contribution < 1.29 is 0 Å². The lowest BCUT2D eigenvalue weighted by Gasteiger charge is -2.13. The van der Waals surface area contributed by atoms with E-state index in [-0.39, 0.29) is 0 Å². The lowest BCUT2D eigenvalue weighted by Crippen LogP contribution is -1.99. The first-order valence-electron chi connectivity index (χ1n) is 16.6. The zero-order valence-corrected chi connectivity index (χ0v) is 26.7. The molecule has 0 aliphatic carbocycles. The highest BCUT2D eigenvalue weighted by atomic mass is 15.0. The van der Waals surface area contributed by atoms with Gasteiger partial charge in [0, 0.05) is 22.2 Å². The highest BCUT2D eigenvalue weighted by Crippen LogP contribution is 2.39. The van der Waals surface area contributed by atoms with Crippen molar-refractivity contribution in [1.82, 2.24) is 14.5 Å². The van der Waals surface area contributed by atoms with E-state index in [1.807, 2.05) is 18.2 Å². The number of hydrogen-bond donors (Lipinski definition) is 0. The van der Waals surface area contributed by atoms with Crippen molar-refractivity contribution >= 4 is 21.9 Å². The van der Waals surface area contributed by atoms with Gasteiger partial charge in [0.2, 0.25) is 0 Å². The minimum atomic E-state index is 0.713. The molecule has 0 N–H and O–H groups in total. The number of benzene rings is 7. The molecular formula is C46H31N3. The molecule has 7 aromatic carbocycles. The maximum Gasteiger partial charge on any atom is 0.160 e. The minimum Gasteiger partial charge on any atom is -0.306 e. The van der Waals surface area contributed by atoms with Gasteiger partial charge in [-0.3, -0.25) is 0 Å². The monoisotopic (exact) mass is 625 g/mol. The summed E-state index contributed by atoms with van der Waals surface area (Å²) < 4.78 is 2.31. The largest absolute Gasteiger partial charge is 0.306 e. The number of fused-ring (bicyclic) bond motifs is 3. The van der Waals surface area contributed by atoms with Gasteiger partial charge in [0.15, 0.2) is 5.82 Å². The molecule has 2 heterocycles. The Labute approximate surface area is 285 Å². The zero-order valence-electron chi connectivity index (χ0n) is 26.7. The van der Waals surface area contributed by atoms with Crippen molar-refractivity contribution in [1.29, 1.82) is 0 Å². The summed E-state index contributed by atoms with van der Waals surface area (Å²) in [6.07, 6.45) is 0. The molecule has 3 nitrogen and oxygen atoms in total. The van der Waals surface area contributed by atoms with Crippen LogP contribution in [-0.2, 0) is 0 Å². The molecule has 0 saturated carbocycles. The Morgan fingerprint density at radius 1 is 0.347 bits per heavy atom. The van der Waals surface area contributed by atoms with Crippen LogP contribution >= 0.6 is 0 Å². The molecule has 230 valence electrons. The van der Waals surface area contributed by atoms with Crippen LogP contribution in [0.1, 0.15) is 0 Å². The average molecular weight is 626 g/mol. The number of rotatable bonds is 6. The van der Waals surface area contributed by atoms with Crippen molar-refractivity contribution in [2.75, 3.05) is 0 Å². The first-order chi connectivity index (χ1) is 24.3. The van der Waals surface area contributed by atoms with E-state index in [1.165, 1.54) is 22.3 Å². The van der Waals surface area contributed by atoms with E-state index >= 15 is 0 Å². The van der Waals surface area contributed by atoms with E-state index in [0.29, 0.717) is 5.82 Å². The normalized spacial score (nSPS) is 11.3. The smallest absolute Gasteiger partial charge is 0.160 e. The first-order valence-corrected chi connectivity index (χ1v) is 16.6. The second-order valence-electron chi connectivity index (χ2n) is 12.3. The van der Waals surface area contributed by atoms with Crippen LogP contribution in [0.15, 0.2) is 188 Å². The molecule has 0 fully saturated rings. The third-order valence-corrected chi connectivity index (χ3v) is 9.21. The van der Waals surface area contributed by atoms with Gasteiger partial charge < -0.3 is 4.57 Å². The van der Waals surface area contributed by atoms with Crippen LogP contribution in [0.25, 0.3) is 83.6 Å². The standard InChI is InChI=1S/C46H31N3/c1-4-14-32(15-5-1)33-26-28-34(29-27-33)36-18-12-19-37(30-36)38-20-13-21-39(31-38)43-45-44(48-46(47-43)35-16-6-2-7-17-35)41-24-10-11-25-42(41)49(45)40-22-8-3-9-23-40/h1-31H. The molecule has 2 aromatic heterocycles. The van der Waals surface area contributed by atoms with E-state index in [0.717, 1.165) is 55.6 Å². The number of para-hydroxylation sites is 2. The van der Waals surface area contributed by atoms with Crippen LogP contribution in [0, 0.1) is 0 Å². The van der Waals surface area contributed by atoms with Crippen molar-refractivity contribution in [3.63, 3.8) is 0 Å². The molecule has 0 unspecified atom stereocenters. The highest BCUT2D eigenvalue weighted by Gasteiger charge is 2.21. The molecule has 3 heteroatoms. The molecule has 0 spiro atoms. The molecule has 49 heavy (non-hydrogen) atoms. The Kier molecular flexibility index (Phi) is 7.14. The summed E-state index contributed by atoms with van der Waals surface area (Å²) >= 11 is 0. The Bertz CT molecular complexity index is 2570. The first kappa shape index (κ1) is 28.6. The van der Waals surface area contributed by atoms with Gasteiger partial charge in [0.05, 0.1) is 16.7 Å². The van der Waals surface area contributed by atoms with Gasteiger partial charge in [-0.15, -0.1) is 0 Å². The second kappa shape index (κ2) is 12.2. The fourth-order valence-electron chi connectivity index (χ4n) is 6.82. The van der Waals surface area contributed by atoms with Crippen LogP contribution in [0.5, 0.6) is 0 Å². The maximum absolute atomic E-state index is 5.32. The lowest BCUT2D eigenvalue weighted by molar-refractivity contribution is 1.15. The van der Waals surface area contributed by atoms with E-state index in [9.17, 15) is 0 Å². The van der Waals surface area contributed by atoms with Crippen LogP contribution in [0.4, 0.5) is 0 Å². The number of nitrogens with zero attached hydrogens (tertiary/aromatic N) is 3. The summed E-state index contributed by atoms with van der Waals surface area (Å²) in [5, 5.41) is 1.10. The van der Waals surface area contributed by atoms with Gasteiger partial charge >= 0.3 is 0 Å². The summed E-state index contributed by atoms with van der Waals surface area (Å²) in [6.45, 7) is 0. The summed E-state index contributed by atoms with van der Waals surface area (Å²) in [5.74, 6) is 0.713. The van der Waals surface area contributed by atoms with Crippen molar-refractivity contribution in [3.05, 3.63) is 188 Å². The molecule has 9 aromatic rings. The Balaban J connectivity index is 1.20. The molecule has 0 aliphatic rings. The minimum absolute atomic E-state index is 0.713. The van der Waals surface area contributed by atoms with Crippen LogP contribution < -0.4 is 0 Å². The molecular weight excluding hydrogens is 595 g/mol. The maximum atomic E-state index is 5.32. The van der Waals surface area contributed by atoms with Gasteiger partial charge in [-0.25, -0.2) is 9.97 Å². The fraction of sp³-hybridized carbons (Fsp3) is 0. The molecule has 9 rings (SSSR count). The third-order valence-electron chi connectivity index (χ3n) is 9.21. The molecule has 0 atom stereocenters. The van der Waals surface area contributed by atoms with E-state index in [4.69, 9.17) is 9.97 Å². The van der Waals surface area contributed by atoms with Crippen molar-refractivity contribution in [2.45, 2.75) is 0 Å². The van der Waals surface area contributed by atoms with Gasteiger partial charge in [-0.2, -0.15) is 0 Å². The van der Waals surface area contributed by atoms with Crippen LogP contribution in [0.3, 0.4) is 0 Å². The van der Waals surface area contributed by atoms with Crippen LogP contribution in [-0.4, -0.2) is 14.5 Å². The SMILES string of the molecule is c1ccc(-c2ccc(-c3cccc(-c4cccc(-c5nc(-c6ccccc6)nc6c7ccccc7n(-c7ccccc7)c56)c4)c3)cc2)cc1. The van der Waals surface area contributed by atoms with E-state index in [1.54, 1.807) is 0 Å². The fourth-order valence-corrected chi connectivity index (χ4v) is 6.82. The summed E-state index contributed by atoms with van der Waals surface area (Å²) in [4.78, 5) is 10.5. The summed E-state index contributed by atoms with van der Waals surface area (Å²) in [7, 11) is 0. The van der Waals surface area contributed by atoms with E-state index in [2.05, 4.69) is 174 Å². The van der Waals surface area contributed by atoms with Gasteiger partial charge in [0.1, 0.15) is 5.52 Å². The Hall–Kier alpha value is -6.58. The van der Waals surface area contributed by atoms with Crippen molar-refractivity contribution in [3.8, 4) is 61.7 Å². The molecule has 0 saturated heterocycles. The van der Waals surface area contributed by atoms with Gasteiger partial charge in [-0.05, 0) is 63.7 Å². The zero-order chi connectivity index (χ0) is 32.6. The molecule has 0 aliphatic heterocycles.